The van der Waals surface area contributed by atoms with Gasteiger partial charge in [-0.3, -0.25) is 7.05 Å². The zero-order chi connectivity index (χ0) is 12.3. The summed E-state index contributed by atoms with van der Waals surface area (Å²) in [7, 11) is 8.16. The summed E-state index contributed by atoms with van der Waals surface area (Å²) in [4.78, 5) is 8.72. The molecule has 0 atom stereocenters. The second-order valence-corrected chi connectivity index (χ2v) is 4.83. The first-order valence-corrected chi connectivity index (χ1v) is 6.07. The molecular formula is C13H21N4-. The van der Waals surface area contributed by atoms with Crippen molar-refractivity contribution < 1.29 is 0 Å². The van der Waals surface area contributed by atoms with E-state index in [1.165, 1.54) is 11.1 Å². The van der Waals surface area contributed by atoms with Crippen molar-refractivity contribution in [2.24, 2.45) is 0 Å². The van der Waals surface area contributed by atoms with Gasteiger partial charge in [-0.2, -0.15) is 0 Å². The smallest absolute Gasteiger partial charge is 0.129 e. The lowest BCUT2D eigenvalue weighted by molar-refractivity contribution is 0.347. The van der Waals surface area contributed by atoms with Crippen molar-refractivity contribution >= 4 is 5.82 Å². The van der Waals surface area contributed by atoms with Crippen LogP contribution in [0.1, 0.15) is 11.1 Å². The fourth-order valence-corrected chi connectivity index (χ4v) is 2.10. The number of pyridine rings is 1. The number of nitrogens with one attached hydrogen (secondary N) is 1. The fourth-order valence-electron chi connectivity index (χ4n) is 2.10. The topological polar surface area (TPSA) is 31.4 Å². The van der Waals surface area contributed by atoms with E-state index in [4.69, 9.17) is 0 Å². The minimum absolute atomic E-state index is 0.931. The van der Waals surface area contributed by atoms with Crippen molar-refractivity contribution in [3.63, 3.8) is 0 Å². The molecule has 0 saturated carbocycles. The lowest BCUT2D eigenvalue weighted by Gasteiger charge is -2.32. The molecule has 1 aromatic rings. The summed E-state index contributed by atoms with van der Waals surface area (Å²) in [6.07, 6.45) is 2.92. The first-order valence-electron chi connectivity index (χ1n) is 6.07. The summed E-state index contributed by atoms with van der Waals surface area (Å²) < 4.78 is 0. The van der Waals surface area contributed by atoms with Crippen molar-refractivity contribution in [2.45, 2.75) is 13.0 Å². The summed E-state index contributed by atoms with van der Waals surface area (Å²) in [6, 6.07) is 2.10. The lowest BCUT2D eigenvalue weighted by Crippen LogP contribution is -2.27. The molecule has 2 heterocycles. The maximum absolute atomic E-state index is 4.45. The molecular weight excluding hydrogens is 212 g/mol. The monoisotopic (exact) mass is 233 g/mol. The Morgan fingerprint density at radius 3 is 3.12 bits per heavy atom. The zero-order valence-corrected chi connectivity index (χ0v) is 10.7. The van der Waals surface area contributed by atoms with Crippen LogP contribution < -0.4 is 5.32 Å². The van der Waals surface area contributed by atoms with Gasteiger partial charge in [0, 0.05) is 24.8 Å². The van der Waals surface area contributed by atoms with Crippen molar-refractivity contribution in [3.8, 4) is 0 Å². The van der Waals surface area contributed by atoms with Crippen LogP contribution in [0.15, 0.2) is 12.3 Å². The highest BCUT2D eigenvalue weighted by atomic mass is 15.1. The molecule has 0 radical (unpaired) electrons. The van der Waals surface area contributed by atoms with E-state index in [2.05, 4.69) is 47.3 Å². The van der Waals surface area contributed by atoms with Crippen LogP contribution in [0.2, 0.25) is 0 Å². The summed E-state index contributed by atoms with van der Waals surface area (Å²) >= 11 is 0. The third-order valence-corrected chi connectivity index (χ3v) is 3.08. The van der Waals surface area contributed by atoms with Crippen molar-refractivity contribution in [1.29, 1.82) is 0 Å². The molecule has 4 nitrogen and oxygen atoms in total. The molecule has 0 saturated heterocycles. The predicted molar refractivity (Wildman–Crippen MR) is 70.8 cm³/mol. The maximum Gasteiger partial charge on any atom is 0.129 e. The zero-order valence-electron chi connectivity index (χ0n) is 10.7. The van der Waals surface area contributed by atoms with Gasteiger partial charge in [0.15, 0.2) is 0 Å². The largest absolute Gasteiger partial charge is 0.455 e. The Balaban J connectivity index is 2.05. The molecule has 0 fully saturated rings. The number of likely N-dealkylation sites (N-methyl/N-ethyl adjacent to an activating group) is 1. The van der Waals surface area contributed by atoms with E-state index in [-0.39, 0.29) is 0 Å². The van der Waals surface area contributed by atoms with E-state index in [1.54, 1.807) is 0 Å². The highest BCUT2D eigenvalue weighted by Gasteiger charge is 2.14. The first kappa shape index (κ1) is 12.3. The minimum Gasteiger partial charge on any atom is -0.455 e. The minimum atomic E-state index is 0.931. The Hall–Kier alpha value is -1.13. The number of anilines is 1. The van der Waals surface area contributed by atoms with Crippen LogP contribution in [0.5, 0.6) is 0 Å². The molecule has 1 N–H and O–H groups in total. The van der Waals surface area contributed by atoms with E-state index >= 15 is 0 Å². The van der Waals surface area contributed by atoms with Gasteiger partial charge in [-0.05, 0) is 45.2 Å². The van der Waals surface area contributed by atoms with Gasteiger partial charge in [-0.25, -0.2) is 4.98 Å². The van der Waals surface area contributed by atoms with Crippen LogP contribution in [0.4, 0.5) is 5.82 Å². The van der Waals surface area contributed by atoms with Crippen LogP contribution in [0, 0.1) is 7.05 Å². The molecule has 94 valence electrons. The number of hydrogen-bond acceptors (Lipinski definition) is 4. The van der Waals surface area contributed by atoms with E-state index in [9.17, 15) is 0 Å². The van der Waals surface area contributed by atoms with Gasteiger partial charge < -0.3 is 15.1 Å². The average molecular weight is 233 g/mol. The molecule has 0 amide bonds. The summed E-state index contributed by atoms with van der Waals surface area (Å²) in [5.74, 6) is 1.05. The Bertz CT molecular complexity index is 376. The summed E-state index contributed by atoms with van der Waals surface area (Å²) in [5, 5.41) is 3.43. The summed E-state index contributed by atoms with van der Waals surface area (Å²) in [5.41, 5.74) is 2.72. The van der Waals surface area contributed by atoms with Gasteiger partial charge in [-0.1, -0.05) is 0 Å². The Morgan fingerprint density at radius 1 is 1.53 bits per heavy atom. The van der Waals surface area contributed by atoms with Gasteiger partial charge in [0.05, 0.1) is 0 Å². The predicted octanol–water partition coefficient (Wildman–Crippen LogP) is 1.20. The molecule has 0 aromatic carbocycles. The number of hydrogen-bond donors (Lipinski definition) is 1. The second kappa shape index (κ2) is 5.47. The van der Waals surface area contributed by atoms with Gasteiger partial charge in [0.1, 0.15) is 5.82 Å². The quantitative estimate of drug-likeness (QED) is 0.792. The van der Waals surface area contributed by atoms with Gasteiger partial charge in [0.25, 0.3) is 0 Å². The Labute approximate surface area is 104 Å². The summed E-state index contributed by atoms with van der Waals surface area (Å²) in [6.45, 7) is 3.90. The molecule has 4 heteroatoms. The molecule has 17 heavy (non-hydrogen) atoms. The van der Waals surface area contributed by atoms with Crippen LogP contribution in [-0.4, -0.2) is 48.5 Å². The number of aromatic nitrogens is 1. The molecule has 1 aliphatic rings. The maximum atomic E-state index is 4.45. The van der Waals surface area contributed by atoms with Gasteiger partial charge in [0.2, 0.25) is 0 Å². The van der Waals surface area contributed by atoms with Crippen molar-refractivity contribution in [3.05, 3.63) is 30.4 Å². The van der Waals surface area contributed by atoms with Gasteiger partial charge in [-0.15, -0.1) is 0 Å². The average Bonchev–Trinajstić information content (AvgIpc) is 2.28. The SMILES string of the molecule is [CH2-]N1CCc2c(ccnc2NCCN(C)C)C1. The lowest BCUT2D eigenvalue weighted by atomic mass is 10.0. The van der Waals surface area contributed by atoms with E-state index < -0.39 is 0 Å². The van der Waals surface area contributed by atoms with E-state index in [0.29, 0.717) is 0 Å². The van der Waals surface area contributed by atoms with Crippen LogP contribution >= 0.6 is 0 Å². The van der Waals surface area contributed by atoms with Crippen molar-refractivity contribution in [1.82, 2.24) is 14.8 Å². The molecule has 1 aliphatic heterocycles. The van der Waals surface area contributed by atoms with Gasteiger partial charge >= 0.3 is 0 Å². The van der Waals surface area contributed by atoms with E-state index in [0.717, 1.165) is 38.4 Å². The molecule has 0 bridgehead atoms. The number of rotatable bonds is 4. The highest BCUT2D eigenvalue weighted by Crippen LogP contribution is 2.23. The molecule has 1 aromatic heterocycles. The Morgan fingerprint density at radius 2 is 2.35 bits per heavy atom. The van der Waals surface area contributed by atoms with E-state index in [1.807, 2.05) is 6.20 Å². The molecule has 0 spiro atoms. The van der Waals surface area contributed by atoms with Crippen molar-refractivity contribution in [2.75, 3.05) is 39.0 Å². The third-order valence-electron chi connectivity index (χ3n) is 3.08. The third kappa shape index (κ3) is 3.17. The first-order chi connectivity index (χ1) is 8.16. The fraction of sp³-hybridized carbons (Fsp3) is 0.538. The number of fused-ring (bicyclic) bond motifs is 1. The highest BCUT2D eigenvalue weighted by molar-refractivity contribution is 5.49. The standard InChI is InChI=1S/C13H21N4/c1-16(2)9-7-15-13-12-5-8-17(3)10-11(12)4-6-14-13/h4,6H,3,5,7-10H2,1-2H3,(H,14,15)/q-1. The second-order valence-electron chi connectivity index (χ2n) is 4.83. The molecule has 0 aliphatic carbocycles. The molecule has 2 rings (SSSR count). The Kier molecular flexibility index (Phi) is 3.97. The van der Waals surface area contributed by atoms with Crippen LogP contribution in [0.3, 0.4) is 0 Å². The van der Waals surface area contributed by atoms with Crippen LogP contribution in [0.25, 0.3) is 0 Å². The van der Waals surface area contributed by atoms with Crippen LogP contribution in [-0.2, 0) is 13.0 Å². The number of nitrogens with zero attached hydrogens (tertiary/aromatic N) is 3. The molecule has 0 unspecified atom stereocenters. The normalized spacial score (nSPS) is 16.0.